The van der Waals surface area contributed by atoms with Gasteiger partial charge in [0.05, 0.1) is 0 Å². The molecule has 0 atom stereocenters. The first-order valence-electron chi connectivity index (χ1n) is 9.19. The van der Waals surface area contributed by atoms with Crippen LogP contribution >= 0.6 is 0 Å². The second-order valence-electron chi connectivity index (χ2n) is 6.55. The van der Waals surface area contributed by atoms with Gasteiger partial charge < -0.3 is 14.9 Å². The number of hydrogen-bond acceptors (Lipinski definition) is 3. The minimum absolute atomic E-state index is 0.483. The third-order valence-electron chi connectivity index (χ3n) is 4.67. The molecule has 4 aromatic rings. The summed E-state index contributed by atoms with van der Waals surface area (Å²) < 4.78 is 0. The molecule has 2 N–H and O–H groups in total. The molecule has 4 rings (SSSR count). The molecule has 0 radical (unpaired) electrons. The molecule has 0 aliphatic heterocycles. The molecule has 0 aliphatic rings. The molecular formula is C24H20BNO2. The summed E-state index contributed by atoms with van der Waals surface area (Å²) in [6.07, 6.45) is 0. The minimum atomic E-state index is -1.47. The van der Waals surface area contributed by atoms with Gasteiger partial charge in [-0.1, -0.05) is 72.8 Å². The van der Waals surface area contributed by atoms with Crippen LogP contribution in [0.3, 0.4) is 0 Å². The lowest BCUT2D eigenvalue weighted by Crippen LogP contribution is -2.29. The van der Waals surface area contributed by atoms with Crippen molar-refractivity contribution in [3.8, 4) is 11.1 Å². The van der Waals surface area contributed by atoms with Gasteiger partial charge in [0.2, 0.25) is 0 Å². The smallest absolute Gasteiger partial charge is 0.423 e. The Morgan fingerprint density at radius 1 is 0.500 bits per heavy atom. The summed E-state index contributed by atoms with van der Waals surface area (Å²) in [5.41, 5.74) is 5.69. The average molecular weight is 365 g/mol. The van der Waals surface area contributed by atoms with Gasteiger partial charge in [-0.2, -0.15) is 0 Å². The highest BCUT2D eigenvalue weighted by molar-refractivity contribution is 6.58. The van der Waals surface area contributed by atoms with Crippen LogP contribution in [0.5, 0.6) is 0 Å². The van der Waals surface area contributed by atoms with Gasteiger partial charge in [-0.25, -0.2) is 0 Å². The fraction of sp³-hybridized carbons (Fsp3) is 0. The molecule has 0 aliphatic carbocycles. The minimum Gasteiger partial charge on any atom is -0.423 e. The maximum Gasteiger partial charge on any atom is 0.488 e. The fourth-order valence-corrected chi connectivity index (χ4v) is 3.28. The van der Waals surface area contributed by atoms with E-state index < -0.39 is 7.12 Å². The summed E-state index contributed by atoms with van der Waals surface area (Å²) in [6, 6.07) is 36.1. The molecule has 136 valence electrons. The van der Waals surface area contributed by atoms with E-state index in [1.54, 1.807) is 12.1 Å². The zero-order valence-corrected chi connectivity index (χ0v) is 15.3. The highest BCUT2D eigenvalue weighted by atomic mass is 16.4. The topological polar surface area (TPSA) is 43.7 Å². The zero-order chi connectivity index (χ0) is 19.3. The van der Waals surface area contributed by atoms with Crippen molar-refractivity contribution in [1.29, 1.82) is 0 Å². The third-order valence-corrected chi connectivity index (χ3v) is 4.67. The molecule has 4 heteroatoms. The molecule has 0 amide bonds. The number of anilines is 3. The van der Waals surface area contributed by atoms with Crippen LogP contribution in [-0.2, 0) is 0 Å². The monoisotopic (exact) mass is 365 g/mol. The molecule has 0 heterocycles. The molecule has 0 bridgehead atoms. The van der Waals surface area contributed by atoms with Crippen LogP contribution in [0.1, 0.15) is 0 Å². The van der Waals surface area contributed by atoms with Gasteiger partial charge in [0.15, 0.2) is 0 Å². The largest absolute Gasteiger partial charge is 0.488 e. The molecule has 3 nitrogen and oxygen atoms in total. The molecule has 4 aromatic carbocycles. The predicted octanol–water partition coefficient (Wildman–Crippen LogP) is 4.50. The van der Waals surface area contributed by atoms with E-state index in [-0.39, 0.29) is 0 Å². The van der Waals surface area contributed by atoms with Crippen LogP contribution in [0.4, 0.5) is 17.1 Å². The van der Waals surface area contributed by atoms with Crippen LogP contribution in [0.15, 0.2) is 109 Å². The van der Waals surface area contributed by atoms with Crippen LogP contribution < -0.4 is 10.4 Å². The van der Waals surface area contributed by atoms with E-state index in [1.165, 1.54) is 0 Å². The van der Waals surface area contributed by atoms with E-state index in [9.17, 15) is 10.0 Å². The second kappa shape index (κ2) is 8.13. The summed E-state index contributed by atoms with van der Waals surface area (Å²) in [5, 5.41) is 18.8. The number of para-hydroxylation sites is 2. The van der Waals surface area contributed by atoms with Gasteiger partial charge in [0.1, 0.15) is 0 Å². The van der Waals surface area contributed by atoms with E-state index in [0.717, 1.165) is 28.2 Å². The molecule has 0 saturated carbocycles. The summed E-state index contributed by atoms with van der Waals surface area (Å²) in [7, 11) is -1.47. The highest BCUT2D eigenvalue weighted by Crippen LogP contribution is 2.35. The number of rotatable bonds is 5. The Morgan fingerprint density at radius 3 is 1.57 bits per heavy atom. The average Bonchev–Trinajstić information content (AvgIpc) is 2.76. The van der Waals surface area contributed by atoms with Gasteiger partial charge in [-0.3, -0.25) is 0 Å². The highest BCUT2D eigenvalue weighted by Gasteiger charge is 2.13. The molecule has 28 heavy (non-hydrogen) atoms. The van der Waals surface area contributed by atoms with Crippen molar-refractivity contribution in [2.45, 2.75) is 0 Å². The Hall–Kier alpha value is -3.34. The standard InChI is InChI=1S/C24H20BNO2/c27-25(28)21-9-7-8-20(18-21)19-14-16-24(17-15-19)26(22-10-3-1-4-11-22)23-12-5-2-6-13-23/h1-18,27-28H. The second-order valence-corrected chi connectivity index (χ2v) is 6.55. The van der Waals surface area contributed by atoms with Gasteiger partial charge in [0.25, 0.3) is 0 Å². The molecule has 0 saturated heterocycles. The van der Waals surface area contributed by atoms with E-state index in [1.807, 2.05) is 48.5 Å². The lowest BCUT2D eigenvalue weighted by Gasteiger charge is -2.25. The molecule has 0 unspecified atom stereocenters. The van der Waals surface area contributed by atoms with E-state index in [2.05, 4.69) is 53.4 Å². The lowest BCUT2D eigenvalue weighted by atomic mass is 9.79. The van der Waals surface area contributed by atoms with Crippen molar-refractivity contribution in [1.82, 2.24) is 0 Å². The normalized spacial score (nSPS) is 10.5. The van der Waals surface area contributed by atoms with Gasteiger partial charge >= 0.3 is 7.12 Å². The van der Waals surface area contributed by atoms with Gasteiger partial charge in [-0.15, -0.1) is 0 Å². The van der Waals surface area contributed by atoms with E-state index in [0.29, 0.717) is 5.46 Å². The maximum absolute atomic E-state index is 9.41. The predicted molar refractivity (Wildman–Crippen MR) is 116 cm³/mol. The summed E-state index contributed by atoms with van der Waals surface area (Å²) in [4.78, 5) is 2.21. The maximum atomic E-state index is 9.41. The Morgan fingerprint density at radius 2 is 1.04 bits per heavy atom. The van der Waals surface area contributed by atoms with Crippen molar-refractivity contribution in [2.24, 2.45) is 0 Å². The summed E-state index contributed by atoms with van der Waals surface area (Å²) in [5.74, 6) is 0. The first-order valence-corrected chi connectivity index (χ1v) is 9.19. The van der Waals surface area contributed by atoms with E-state index >= 15 is 0 Å². The molecule has 0 spiro atoms. The SMILES string of the molecule is OB(O)c1cccc(-c2ccc(N(c3ccccc3)c3ccccc3)cc2)c1. The fourth-order valence-electron chi connectivity index (χ4n) is 3.28. The number of nitrogens with zero attached hydrogens (tertiary/aromatic N) is 1. The number of benzene rings is 4. The van der Waals surface area contributed by atoms with Crippen molar-refractivity contribution in [2.75, 3.05) is 4.90 Å². The summed E-state index contributed by atoms with van der Waals surface area (Å²) in [6.45, 7) is 0. The van der Waals surface area contributed by atoms with Crippen LogP contribution in [0.2, 0.25) is 0 Å². The van der Waals surface area contributed by atoms with Crippen molar-refractivity contribution in [3.63, 3.8) is 0 Å². The first kappa shape index (κ1) is 18.0. The Kier molecular flexibility index (Phi) is 5.24. The zero-order valence-electron chi connectivity index (χ0n) is 15.3. The van der Waals surface area contributed by atoms with Crippen molar-refractivity contribution in [3.05, 3.63) is 109 Å². The van der Waals surface area contributed by atoms with Crippen molar-refractivity contribution >= 4 is 29.6 Å². The quantitative estimate of drug-likeness (QED) is 0.512. The Balaban J connectivity index is 1.72. The lowest BCUT2D eigenvalue weighted by molar-refractivity contribution is 0.426. The van der Waals surface area contributed by atoms with Gasteiger partial charge in [-0.05, 0) is 53.0 Å². The van der Waals surface area contributed by atoms with E-state index in [4.69, 9.17) is 0 Å². The van der Waals surface area contributed by atoms with Crippen LogP contribution in [0.25, 0.3) is 11.1 Å². The Bertz CT molecular complexity index is 995. The van der Waals surface area contributed by atoms with Gasteiger partial charge in [0, 0.05) is 17.1 Å². The molecular weight excluding hydrogens is 345 g/mol. The first-order chi connectivity index (χ1) is 13.7. The van der Waals surface area contributed by atoms with Crippen LogP contribution in [0, 0.1) is 0 Å². The number of hydrogen-bond donors (Lipinski definition) is 2. The summed E-state index contributed by atoms with van der Waals surface area (Å²) >= 11 is 0. The van der Waals surface area contributed by atoms with Crippen LogP contribution in [-0.4, -0.2) is 17.2 Å². The Labute approximate surface area is 165 Å². The van der Waals surface area contributed by atoms with Crippen molar-refractivity contribution < 1.29 is 10.0 Å². The third kappa shape index (κ3) is 3.84. The molecule has 0 aromatic heterocycles. The molecule has 0 fully saturated rings.